The van der Waals surface area contributed by atoms with E-state index in [-0.39, 0.29) is 5.82 Å². The number of guanidine groups is 1. The third-order valence-electron chi connectivity index (χ3n) is 2.60. The molecule has 0 unspecified atom stereocenters. The lowest BCUT2D eigenvalue weighted by molar-refractivity contribution is 0.614. The number of halogens is 2. The Bertz CT molecular complexity index is 433. The summed E-state index contributed by atoms with van der Waals surface area (Å²) in [7, 11) is 1.74. The Morgan fingerprint density at radius 3 is 2.68 bits per heavy atom. The highest BCUT2D eigenvalue weighted by Gasteiger charge is 2.03. The molecular weight excluding hydrogens is 265 g/mol. The molecule has 0 heterocycles. The van der Waals surface area contributed by atoms with Crippen LogP contribution in [0.5, 0.6) is 0 Å². The predicted molar refractivity (Wildman–Crippen MR) is 79.3 cm³/mol. The summed E-state index contributed by atoms with van der Waals surface area (Å²) in [5, 5.41) is 6.89. The average Bonchev–Trinajstić information content (AvgIpc) is 2.35. The summed E-state index contributed by atoms with van der Waals surface area (Å²) in [5.41, 5.74) is 0.926. The Labute approximate surface area is 119 Å². The van der Waals surface area contributed by atoms with Crippen LogP contribution in [0.15, 0.2) is 23.2 Å². The van der Waals surface area contributed by atoms with Crippen LogP contribution >= 0.6 is 11.6 Å². The van der Waals surface area contributed by atoms with Gasteiger partial charge >= 0.3 is 0 Å². The molecule has 1 rings (SSSR count). The predicted octanol–water partition coefficient (Wildman–Crippen LogP) is 2.84. The molecule has 1 aromatic carbocycles. The van der Waals surface area contributed by atoms with Crippen LogP contribution in [-0.2, 0) is 6.42 Å². The van der Waals surface area contributed by atoms with E-state index in [1.165, 1.54) is 12.1 Å². The SMILES string of the molecule is CN=C(NCCc1ccc(F)cc1Cl)NCC(C)C. The minimum Gasteiger partial charge on any atom is -0.356 e. The first-order valence-corrected chi connectivity index (χ1v) is 6.79. The van der Waals surface area contributed by atoms with E-state index in [9.17, 15) is 4.39 Å². The van der Waals surface area contributed by atoms with Crippen molar-refractivity contribution in [3.63, 3.8) is 0 Å². The van der Waals surface area contributed by atoms with Gasteiger partial charge in [-0.2, -0.15) is 0 Å². The van der Waals surface area contributed by atoms with Gasteiger partial charge in [-0.25, -0.2) is 4.39 Å². The average molecular weight is 286 g/mol. The molecule has 0 bridgehead atoms. The van der Waals surface area contributed by atoms with Crippen molar-refractivity contribution in [3.8, 4) is 0 Å². The number of benzene rings is 1. The topological polar surface area (TPSA) is 36.4 Å². The molecule has 0 saturated carbocycles. The van der Waals surface area contributed by atoms with Crippen molar-refractivity contribution in [2.75, 3.05) is 20.1 Å². The molecular formula is C14H21ClFN3. The van der Waals surface area contributed by atoms with Crippen molar-refractivity contribution in [1.29, 1.82) is 0 Å². The maximum Gasteiger partial charge on any atom is 0.190 e. The van der Waals surface area contributed by atoms with Gasteiger partial charge in [0.25, 0.3) is 0 Å². The lowest BCUT2D eigenvalue weighted by Crippen LogP contribution is -2.39. The maximum atomic E-state index is 12.9. The summed E-state index contributed by atoms with van der Waals surface area (Å²) in [5.74, 6) is 1.02. The van der Waals surface area contributed by atoms with Crippen LogP contribution in [0.2, 0.25) is 5.02 Å². The van der Waals surface area contributed by atoms with Crippen LogP contribution in [-0.4, -0.2) is 26.1 Å². The molecule has 3 nitrogen and oxygen atoms in total. The molecule has 0 fully saturated rings. The van der Waals surface area contributed by atoms with E-state index in [2.05, 4.69) is 29.5 Å². The number of rotatable bonds is 5. The first kappa shape index (κ1) is 15.8. The molecule has 0 saturated heterocycles. The second-order valence-corrected chi connectivity index (χ2v) is 5.17. The summed E-state index contributed by atoms with van der Waals surface area (Å²) in [4.78, 5) is 4.13. The zero-order valence-electron chi connectivity index (χ0n) is 11.6. The fraction of sp³-hybridized carbons (Fsp3) is 0.500. The van der Waals surface area contributed by atoms with Crippen LogP contribution in [0, 0.1) is 11.7 Å². The molecule has 0 aliphatic heterocycles. The van der Waals surface area contributed by atoms with Gasteiger partial charge in [0, 0.05) is 25.2 Å². The normalized spacial score (nSPS) is 11.8. The Kier molecular flexibility index (Phi) is 6.64. The van der Waals surface area contributed by atoms with Crippen LogP contribution in [0.25, 0.3) is 0 Å². The van der Waals surface area contributed by atoms with Gasteiger partial charge in [0.05, 0.1) is 0 Å². The Morgan fingerprint density at radius 1 is 1.37 bits per heavy atom. The van der Waals surface area contributed by atoms with Crippen molar-refractivity contribution in [2.24, 2.45) is 10.9 Å². The van der Waals surface area contributed by atoms with Crippen LogP contribution in [0.4, 0.5) is 4.39 Å². The van der Waals surface area contributed by atoms with Gasteiger partial charge in [0.15, 0.2) is 5.96 Å². The van der Waals surface area contributed by atoms with Crippen molar-refractivity contribution in [3.05, 3.63) is 34.6 Å². The molecule has 0 aliphatic rings. The second-order valence-electron chi connectivity index (χ2n) is 4.76. The van der Waals surface area contributed by atoms with E-state index < -0.39 is 0 Å². The van der Waals surface area contributed by atoms with Gasteiger partial charge in [-0.1, -0.05) is 31.5 Å². The zero-order chi connectivity index (χ0) is 14.3. The summed E-state index contributed by atoms with van der Waals surface area (Å²) in [6, 6.07) is 4.47. The standard InChI is InChI=1S/C14H21ClFN3/c1-10(2)9-19-14(17-3)18-7-6-11-4-5-12(16)8-13(11)15/h4-5,8,10H,6-7,9H2,1-3H3,(H2,17,18,19). The highest BCUT2D eigenvalue weighted by atomic mass is 35.5. The van der Waals surface area contributed by atoms with E-state index in [1.807, 2.05) is 0 Å². The van der Waals surface area contributed by atoms with Crippen molar-refractivity contribution in [1.82, 2.24) is 10.6 Å². The smallest absolute Gasteiger partial charge is 0.190 e. The minimum atomic E-state index is -0.309. The van der Waals surface area contributed by atoms with E-state index in [0.29, 0.717) is 17.5 Å². The van der Waals surface area contributed by atoms with Crippen LogP contribution in [0.1, 0.15) is 19.4 Å². The van der Waals surface area contributed by atoms with Gasteiger partial charge in [0.1, 0.15) is 5.82 Å². The van der Waals surface area contributed by atoms with Crippen LogP contribution < -0.4 is 10.6 Å². The Hall–Kier alpha value is -1.29. The summed E-state index contributed by atoms with van der Waals surface area (Å²) in [6.07, 6.45) is 0.724. The summed E-state index contributed by atoms with van der Waals surface area (Å²) < 4.78 is 12.9. The van der Waals surface area contributed by atoms with E-state index >= 15 is 0 Å². The highest BCUT2D eigenvalue weighted by molar-refractivity contribution is 6.31. The molecule has 19 heavy (non-hydrogen) atoms. The van der Waals surface area contributed by atoms with Crippen LogP contribution in [0.3, 0.4) is 0 Å². The molecule has 0 aromatic heterocycles. The van der Waals surface area contributed by atoms with Gasteiger partial charge < -0.3 is 10.6 Å². The molecule has 0 radical (unpaired) electrons. The molecule has 5 heteroatoms. The molecule has 2 N–H and O–H groups in total. The second kappa shape index (κ2) is 8.00. The first-order chi connectivity index (χ1) is 9.02. The number of hydrogen-bond donors (Lipinski definition) is 2. The third kappa shape index (κ3) is 5.92. The fourth-order valence-corrected chi connectivity index (χ4v) is 1.82. The molecule has 0 atom stereocenters. The number of nitrogens with one attached hydrogen (secondary N) is 2. The Morgan fingerprint density at radius 2 is 2.11 bits per heavy atom. The monoisotopic (exact) mass is 285 g/mol. The maximum absolute atomic E-state index is 12.9. The third-order valence-corrected chi connectivity index (χ3v) is 2.96. The number of hydrogen-bond acceptors (Lipinski definition) is 1. The lowest BCUT2D eigenvalue weighted by Gasteiger charge is -2.13. The van der Waals surface area contributed by atoms with Gasteiger partial charge in [0.2, 0.25) is 0 Å². The highest BCUT2D eigenvalue weighted by Crippen LogP contribution is 2.17. The van der Waals surface area contributed by atoms with Gasteiger partial charge in [-0.05, 0) is 30.0 Å². The molecule has 0 amide bonds. The van der Waals surface area contributed by atoms with Crippen molar-refractivity contribution < 1.29 is 4.39 Å². The lowest BCUT2D eigenvalue weighted by atomic mass is 10.1. The minimum absolute atomic E-state index is 0.309. The summed E-state index contributed by atoms with van der Waals surface area (Å²) in [6.45, 7) is 5.84. The quantitative estimate of drug-likeness (QED) is 0.645. The van der Waals surface area contributed by atoms with E-state index in [0.717, 1.165) is 24.5 Å². The zero-order valence-corrected chi connectivity index (χ0v) is 12.4. The molecule has 0 aliphatic carbocycles. The number of aliphatic imine (C=N–C) groups is 1. The van der Waals surface area contributed by atoms with Gasteiger partial charge in [-0.3, -0.25) is 4.99 Å². The first-order valence-electron chi connectivity index (χ1n) is 6.41. The van der Waals surface area contributed by atoms with Crippen molar-refractivity contribution in [2.45, 2.75) is 20.3 Å². The molecule has 106 valence electrons. The Balaban J connectivity index is 2.40. The van der Waals surface area contributed by atoms with Gasteiger partial charge in [-0.15, -0.1) is 0 Å². The van der Waals surface area contributed by atoms with E-state index in [1.54, 1.807) is 13.1 Å². The fourth-order valence-electron chi connectivity index (χ4n) is 1.56. The molecule has 0 spiro atoms. The molecule has 1 aromatic rings. The largest absolute Gasteiger partial charge is 0.356 e. The van der Waals surface area contributed by atoms with Crippen molar-refractivity contribution >= 4 is 17.6 Å². The number of nitrogens with zero attached hydrogens (tertiary/aromatic N) is 1. The summed E-state index contributed by atoms with van der Waals surface area (Å²) >= 11 is 5.97. The van der Waals surface area contributed by atoms with E-state index in [4.69, 9.17) is 11.6 Å².